The van der Waals surface area contributed by atoms with Gasteiger partial charge in [-0.3, -0.25) is 4.79 Å². The minimum absolute atomic E-state index is 0.0996. The third-order valence-corrected chi connectivity index (χ3v) is 2.98. The largest absolute Gasteiger partial charge is 0.471 e. The molecule has 0 unspecified atom stereocenters. The summed E-state index contributed by atoms with van der Waals surface area (Å²) < 4.78 is 41.5. The number of piperidine rings is 1. The van der Waals surface area contributed by atoms with Crippen molar-refractivity contribution in [2.45, 2.75) is 45.4 Å². The molecule has 1 heterocycles. The topological polar surface area (TPSA) is 58.6 Å². The van der Waals surface area contributed by atoms with E-state index in [9.17, 15) is 22.8 Å². The summed E-state index contributed by atoms with van der Waals surface area (Å²) in [5, 5.41) is 1.86. The van der Waals surface area contributed by atoms with Gasteiger partial charge in [0.05, 0.1) is 0 Å². The first kappa shape index (κ1) is 17.6. The fraction of sp³-hybridized carbons (Fsp3) is 0.846. The Bertz CT molecular complexity index is 391. The van der Waals surface area contributed by atoms with Crippen LogP contribution in [0, 0.1) is 5.92 Å². The van der Waals surface area contributed by atoms with Crippen molar-refractivity contribution in [3.63, 3.8) is 0 Å². The molecule has 5 nitrogen and oxygen atoms in total. The Labute approximate surface area is 121 Å². The molecule has 8 heteroatoms. The summed E-state index contributed by atoms with van der Waals surface area (Å²) in [6.45, 7) is 5.94. The van der Waals surface area contributed by atoms with Crippen molar-refractivity contribution >= 4 is 12.0 Å². The first-order chi connectivity index (χ1) is 9.49. The first-order valence-electron chi connectivity index (χ1n) is 6.82. The molecule has 1 rings (SSSR count). The Balaban J connectivity index is 2.46. The highest BCUT2D eigenvalue weighted by Crippen LogP contribution is 2.20. The summed E-state index contributed by atoms with van der Waals surface area (Å²) in [4.78, 5) is 24.1. The van der Waals surface area contributed by atoms with Gasteiger partial charge in [0.1, 0.15) is 5.60 Å². The summed E-state index contributed by atoms with van der Waals surface area (Å²) in [5.41, 5.74) is -0.617. The molecular weight excluding hydrogens is 289 g/mol. The van der Waals surface area contributed by atoms with Crippen LogP contribution in [-0.4, -0.2) is 48.3 Å². The van der Waals surface area contributed by atoms with E-state index in [1.807, 2.05) is 5.32 Å². The number of halogens is 3. The van der Waals surface area contributed by atoms with Crippen LogP contribution in [0.4, 0.5) is 18.0 Å². The van der Waals surface area contributed by atoms with Crippen molar-refractivity contribution in [1.29, 1.82) is 0 Å². The Hall–Kier alpha value is -1.47. The number of alkyl halides is 3. The fourth-order valence-corrected chi connectivity index (χ4v) is 2.06. The molecule has 1 fully saturated rings. The molecule has 0 aliphatic carbocycles. The molecule has 0 bridgehead atoms. The van der Waals surface area contributed by atoms with Gasteiger partial charge in [-0.25, -0.2) is 4.79 Å². The Kier molecular flexibility index (Phi) is 5.47. The van der Waals surface area contributed by atoms with Crippen LogP contribution in [-0.2, 0) is 9.53 Å². The quantitative estimate of drug-likeness (QED) is 0.851. The maximum Gasteiger partial charge on any atom is 0.471 e. The molecule has 0 aromatic carbocycles. The lowest BCUT2D eigenvalue weighted by Crippen LogP contribution is -2.47. The van der Waals surface area contributed by atoms with Gasteiger partial charge in [-0.2, -0.15) is 13.2 Å². The van der Waals surface area contributed by atoms with E-state index < -0.39 is 23.8 Å². The molecule has 1 saturated heterocycles. The van der Waals surface area contributed by atoms with E-state index in [0.29, 0.717) is 19.4 Å². The maximum atomic E-state index is 12.1. The number of amides is 2. The summed E-state index contributed by atoms with van der Waals surface area (Å²) in [5.74, 6) is -2.14. The number of likely N-dealkylation sites (tertiary alicyclic amines) is 1. The average Bonchev–Trinajstić information content (AvgIpc) is 2.33. The Morgan fingerprint density at radius 2 is 1.90 bits per heavy atom. The molecular formula is C13H21F3N2O3. The Morgan fingerprint density at radius 1 is 1.29 bits per heavy atom. The maximum absolute atomic E-state index is 12.1. The normalized spacial score (nSPS) is 20.1. The molecule has 0 aromatic heterocycles. The molecule has 122 valence electrons. The van der Waals surface area contributed by atoms with Crippen molar-refractivity contribution in [2.24, 2.45) is 5.92 Å². The highest BCUT2D eigenvalue weighted by molar-refractivity contribution is 5.81. The first-order valence-corrected chi connectivity index (χ1v) is 6.82. The molecule has 1 aliphatic rings. The minimum atomic E-state index is -4.88. The van der Waals surface area contributed by atoms with Gasteiger partial charge < -0.3 is 15.0 Å². The molecule has 0 spiro atoms. The van der Waals surface area contributed by atoms with Gasteiger partial charge in [0, 0.05) is 19.6 Å². The third kappa shape index (κ3) is 6.22. The second-order valence-electron chi connectivity index (χ2n) is 6.14. The van der Waals surface area contributed by atoms with E-state index in [1.54, 1.807) is 20.8 Å². The lowest BCUT2D eigenvalue weighted by atomic mass is 9.98. The molecule has 1 atom stereocenters. The number of carbonyl (C=O) groups is 2. The van der Waals surface area contributed by atoms with E-state index >= 15 is 0 Å². The summed E-state index contributed by atoms with van der Waals surface area (Å²) in [6, 6.07) is 0. The number of rotatable bonds is 2. The molecule has 0 saturated carbocycles. The molecule has 0 radical (unpaired) electrons. The monoisotopic (exact) mass is 310 g/mol. The minimum Gasteiger partial charge on any atom is -0.444 e. The van der Waals surface area contributed by atoms with Gasteiger partial charge in [0.25, 0.3) is 0 Å². The van der Waals surface area contributed by atoms with E-state index in [2.05, 4.69) is 0 Å². The molecule has 21 heavy (non-hydrogen) atoms. The van der Waals surface area contributed by atoms with Gasteiger partial charge in [-0.05, 0) is 39.5 Å². The molecule has 1 N–H and O–H groups in total. The van der Waals surface area contributed by atoms with Crippen LogP contribution >= 0.6 is 0 Å². The smallest absolute Gasteiger partial charge is 0.444 e. The Morgan fingerprint density at radius 3 is 2.43 bits per heavy atom. The average molecular weight is 310 g/mol. The summed E-state index contributed by atoms with van der Waals surface area (Å²) in [6.07, 6.45) is -4.02. The predicted molar refractivity (Wildman–Crippen MR) is 69.6 cm³/mol. The van der Waals surface area contributed by atoms with E-state index in [-0.39, 0.29) is 19.0 Å². The van der Waals surface area contributed by atoms with Gasteiger partial charge in [0.15, 0.2) is 0 Å². The van der Waals surface area contributed by atoms with Crippen LogP contribution < -0.4 is 5.32 Å². The van der Waals surface area contributed by atoms with Crippen molar-refractivity contribution < 1.29 is 27.5 Å². The number of ether oxygens (including phenoxy) is 1. The zero-order valence-corrected chi connectivity index (χ0v) is 12.4. The van der Waals surface area contributed by atoms with Crippen LogP contribution in [0.3, 0.4) is 0 Å². The lowest BCUT2D eigenvalue weighted by molar-refractivity contribution is -0.173. The number of hydrogen-bond donors (Lipinski definition) is 1. The van der Waals surface area contributed by atoms with Crippen molar-refractivity contribution in [1.82, 2.24) is 10.2 Å². The second-order valence-corrected chi connectivity index (χ2v) is 6.14. The highest BCUT2D eigenvalue weighted by Gasteiger charge is 2.39. The van der Waals surface area contributed by atoms with E-state index in [0.717, 1.165) is 0 Å². The van der Waals surface area contributed by atoms with Crippen LogP contribution in [0.1, 0.15) is 33.6 Å². The zero-order valence-electron chi connectivity index (χ0n) is 12.4. The van der Waals surface area contributed by atoms with Gasteiger partial charge in [-0.1, -0.05) is 0 Å². The second kappa shape index (κ2) is 6.53. The van der Waals surface area contributed by atoms with Crippen LogP contribution in [0.5, 0.6) is 0 Å². The number of nitrogens with zero attached hydrogens (tertiary/aromatic N) is 1. The van der Waals surface area contributed by atoms with Crippen LogP contribution in [0.15, 0.2) is 0 Å². The fourth-order valence-electron chi connectivity index (χ4n) is 2.06. The van der Waals surface area contributed by atoms with Gasteiger partial charge in [0.2, 0.25) is 0 Å². The van der Waals surface area contributed by atoms with Crippen molar-refractivity contribution in [3.05, 3.63) is 0 Å². The SMILES string of the molecule is CC(C)(C)OC(=O)N1CCC[C@H](CNC(=O)C(F)(F)F)C1. The van der Waals surface area contributed by atoms with Crippen LogP contribution in [0.2, 0.25) is 0 Å². The van der Waals surface area contributed by atoms with Crippen LogP contribution in [0.25, 0.3) is 0 Å². The summed E-state index contributed by atoms with van der Waals surface area (Å²) >= 11 is 0. The number of carbonyl (C=O) groups excluding carboxylic acids is 2. The van der Waals surface area contributed by atoms with E-state index in [4.69, 9.17) is 4.74 Å². The van der Waals surface area contributed by atoms with Crippen molar-refractivity contribution in [2.75, 3.05) is 19.6 Å². The highest BCUT2D eigenvalue weighted by atomic mass is 19.4. The van der Waals surface area contributed by atoms with Gasteiger partial charge in [-0.15, -0.1) is 0 Å². The van der Waals surface area contributed by atoms with Crippen molar-refractivity contribution in [3.8, 4) is 0 Å². The molecule has 2 amide bonds. The number of nitrogens with one attached hydrogen (secondary N) is 1. The molecule has 0 aromatic rings. The third-order valence-electron chi connectivity index (χ3n) is 2.98. The molecule has 1 aliphatic heterocycles. The standard InChI is InChI=1S/C13H21F3N2O3/c1-12(2,3)21-11(20)18-6-4-5-9(8-18)7-17-10(19)13(14,15)16/h9H,4-8H2,1-3H3,(H,17,19)/t9-/m1/s1. The lowest BCUT2D eigenvalue weighted by Gasteiger charge is -2.34. The zero-order chi connectivity index (χ0) is 16.3. The van der Waals surface area contributed by atoms with E-state index in [1.165, 1.54) is 4.90 Å². The number of hydrogen-bond acceptors (Lipinski definition) is 3. The summed E-state index contributed by atoms with van der Waals surface area (Å²) in [7, 11) is 0. The van der Waals surface area contributed by atoms with Gasteiger partial charge >= 0.3 is 18.2 Å². The predicted octanol–water partition coefficient (Wildman–Crippen LogP) is 2.31.